The maximum atomic E-state index is 10.1. The van der Waals surface area contributed by atoms with Crippen LogP contribution >= 0.6 is 0 Å². The Morgan fingerprint density at radius 1 is 1.21 bits per heavy atom. The molecular weight excluding hydrogens is 240 g/mol. The minimum Gasteiger partial charge on any atom is -0.391 e. The van der Waals surface area contributed by atoms with Crippen molar-refractivity contribution < 1.29 is 9.84 Å². The lowest BCUT2D eigenvalue weighted by Gasteiger charge is -2.42. The van der Waals surface area contributed by atoms with Gasteiger partial charge in [-0.15, -0.1) is 0 Å². The van der Waals surface area contributed by atoms with E-state index in [-0.39, 0.29) is 6.10 Å². The highest BCUT2D eigenvalue weighted by atomic mass is 16.5. The first-order valence-corrected chi connectivity index (χ1v) is 7.88. The summed E-state index contributed by atoms with van der Waals surface area (Å²) in [6, 6.07) is 1.47. The average molecular weight is 270 g/mol. The lowest BCUT2D eigenvalue weighted by atomic mass is 9.89. The molecule has 1 aliphatic heterocycles. The molecule has 3 atom stereocenters. The number of hydrogen-bond acceptors (Lipinski definition) is 4. The summed E-state index contributed by atoms with van der Waals surface area (Å²) in [7, 11) is 1.76. The molecule has 1 aliphatic carbocycles. The van der Waals surface area contributed by atoms with Crippen molar-refractivity contribution in [1.82, 2.24) is 10.2 Å². The molecule has 1 saturated heterocycles. The Morgan fingerprint density at radius 2 is 1.89 bits per heavy atom. The van der Waals surface area contributed by atoms with E-state index in [0.29, 0.717) is 18.1 Å². The van der Waals surface area contributed by atoms with E-state index in [1.54, 1.807) is 7.11 Å². The molecular formula is C15H30N2O2. The van der Waals surface area contributed by atoms with Crippen LogP contribution < -0.4 is 5.32 Å². The minimum atomic E-state index is -0.0920. The molecule has 0 radical (unpaired) electrons. The van der Waals surface area contributed by atoms with Crippen molar-refractivity contribution in [3.05, 3.63) is 0 Å². The van der Waals surface area contributed by atoms with Crippen LogP contribution in [-0.4, -0.2) is 61.0 Å². The quantitative estimate of drug-likeness (QED) is 0.792. The van der Waals surface area contributed by atoms with Crippen molar-refractivity contribution in [2.75, 3.05) is 26.8 Å². The number of likely N-dealkylation sites (tertiary alicyclic amines) is 1. The van der Waals surface area contributed by atoms with Gasteiger partial charge in [-0.05, 0) is 32.6 Å². The fourth-order valence-corrected chi connectivity index (χ4v) is 3.62. The Balaban J connectivity index is 1.72. The van der Waals surface area contributed by atoms with E-state index >= 15 is 0 Å². The maximum Gasteiger partial charge on any atom is 0.0695 e. The predicted octanol–water partition coefficient (Wildman–Crippen LogP) is 1.38. The van der Waals surface area contributed by atoms with Gasteiger partial charge in [0, 0.05) is 38.3 Å². The lowest BCUT2D eigenvalue weighted by molar-refractivity contribution is 0.00612. The van der Waals surface area contributed by atoms with Crippen molar-refractivity contribution in [3.8, 4) is 0 Å². The highest BCUT2D eigenvalue weighted by Gasteiger charge is 2.31. The summed E-state index contributed by atoms with van der Waals surface area (Å²) >= 11 is 0. The zero-order chi connectivity index (χ0) is 13.7. The molecule has 2 rings (SSSR count). The van der Waals surface area contributed by atoms with Gasteiger partial charge in [0.05, 0.1) is 12.7 Å². The van der Waals surface area contributed by atoms with Crippen LogP contribution in [0.15, 0.2) is 0 Å². The van der Waals surface area contributed by atoms with Gasteiger partial charge < -0.3 is 15.2 Å². The first-order valence-electron chi connectivity index (χ1n) is 7.88. The molecule has 1 saturated carbocycles. The van der Waals surface area contributed by atoms with Gasteiger partial charge in [0.25, 0.3) is 0 Å². The Kier molecular flexibility index (Phi) is 6.07. The third-order valence-electron chi connectivity index (χ3n) is 4.63. The SMILES string of the molecule is COCC(C)NC1CCN(C2CCCCC2O)CC1. The number of nitrogens with zero attached hydrogens (tertiary/aromatic N) is 1. The molecule has 0 bridgehead atoms. The smallest absolute Gasteiger partial charge is 0.0695 e. The lowest BCUT2D eigenvalue weighted by Crippen LogP contribution is -2.52. The van der Waals surface area contributed by atoms with Crippen molar-refractivity contribution >= 4 is 0 Å². The number of aliphatic hydroxyl groups is 1. The van der Waals surface area contributed by atoms with Gasteiger partial charge in [0.2, 0.25) is 0 Å². The molecule has 4 nitrogen and oxygen atoms in total. The van der Waals surface area contributed by atoms with Gasteiger partial charge in [0.15, 0.2) is 0 Å². The fraction of sp³-hybridized carbons (Fsp3) is 1.00. The van der Waals surface area contributed by atoms with Gasteiger partial charge in [-0.2, -0.15) is 0 Å². The highest BCUT2D eigenvalue weighted by molar-refractivity contribution is 4.88. The monoisotopic (exact) mass is 270 g/mol. The first kappa shape index (κ1) is 15.2. The van der Waals surface area contributed by atoms with E-state index in [1.165, 1.54) is 32.1 Å². The van der Waals surface area contributed by atoms with Crippen LogP contribution in [0.4, 0.5) is 0 Å². The van der Waals surface area contributed by atoms with Gasteiger partial charge in [-0.1, -0.05) is 12.8 Å². The number of hydrogen-bond donors (Lipinski definition) is 2. The predicted molar refractivity (Wildman–Crippen MR) is 77.3 cm³/mol. The third kappa shape index (κ3) is 4.42. The topological polar surface area (TPSA) is 44.7 Å². The van der Waals surface area contributed by atoms with E-state index in [4.69, 9.17) is 4.74 Å². The molecule has 1 heterocycles. The summed E-state index contributed by atoms with van der Waals surface area (Å²) in [5.41, 5.74) is 0. The maximum absolute atomic E-state index is 10.1. The Morgan fingerprint density at radius 3 is 2.53 bits per heavy atom. The molecule has 3 unspecified atom stereocenters. The van der Waals surface area contributed by atoms with Gasteiger partial charge in [-0.3, -0.25) is 4.90 Å². The Bertz CT molecular complexity index is 255. The van der Waals surface area contributed by atoms with Gasteiger partial charge >= 0.3 is 0 Å². The Labute approximate surface area is 117 Å². The second-order valence-corrected chi connectivity index (χ2v) is 6.25. The standard InChI is InChI=1S/C15H30N2O2/c1-12(11-19-2)16-13-7-9-17(10-8-13)14-5-3-4-6-15(14)18/h12-16,18H,3-11H2,1-2H3. The second kappa shape index (κ2) is 7.58. The number of rotatable bonds is 5. The van der Waals surface area contributed by atoms with E-state index < -0.39 is 0 Å². The zero-order valence-electron chi connectivity index (χ0n) is 12.5. The number of piperidine rings is 1. The van der Waals surface area contributed by atoms with E-state index in [2.05, 4.69) is 17.1 Å². The van der Waals surface area contributed by atoms with Crippen LogP contribution in [0.1, 0.15) is 45.4 Å². The summed E-state index contributed by atoms with van der Waals surface area (Å²) in [6.45, 7) is 5.21. The Hall–Kier alpha value is -0.160. The van der Waals surface area contributed by atoms with Crippen LogP contribution in [-0.2, 0) is 4.74 Å². The largest absolute Gasteiger partial charge is 0.391 e. The molecule has 0 spiro atoms. The molecule has 0 amide bonds. The number of ether oxygens (including phenoxy) is 1. The van der Waals surface area contributed by atoms with E-state index in [1.807, 2.05) is 0 Å². The van der Waals surface area contributed by atoms with Crippen molar-refractivity contribution in [2.45, 2.75) is 69.7 Å². The summed E-state index contributed by atoms with van der Waals surface area (Å²) in [4.78, 5) is 2.52. The van der Waals surface area contributed by atoms with Crippen LogP contribution in [0, 0.1) is 0 Å². The molecule has 4 heteroatoms. The highest BCUT2D eigenvalue weighted by Crippen LogP contribution is 2.25. The van der Waals surface area contributed by atoms with E-state index in [0.717, 1.165) is 26.1 Å². The molecule has 112 valence electrons. The van der Waals surface area contributed by atoms with Crippen LogP contribution in [0.5, 0.6) is 0 Å². The molecule has 0 aromatic rings. The van der Waals surface area contributed by atoms with Gasteiger partial charge in [0.1, 0.15) is 0 Å². The first-order chi connectivity index (χ1) is 9.20. The molecule has 0 aromatic carbocycles. The summed E-state index contributed by atoms with van der Waals surface area (Å²) < 4.78 is 5.17. The fourth-order valence-electron chi connectivity index (χ4n) is 3.62. The van der Waals surface area contributed by atoms with Gasteiger partial charge in [-0.25, -0.2) is 0 Å². The van der Waals surface area contributed by atoms with Crippen LogP contribution in [0.3, 0.4) is 0 Å². The third-order valence-corrected chi connectivity index (χ3v) is 4.63. The minimum absolute atomic E-state index is 0.0920. The van der Waals surface area contributed by atoms with Crippen molar-refractivity contribution in [1.29, 1.82) is 0 Å². The summed E-state index contributed by atoms with van der Waals surface area (Å²) in [5.74, 6) is 0. The molecule has 2 fully saturated rings. The van der Waals surface area contributed by atoms with E-state index in [9.17, 15) is 5.11 Å². The zero-order valence-corrected chi connectivity index (χ0v) is 12.5. The number of nitrogens with one attached hydrogen (secondary N) is 1. The normalized spacial score (nSPS) is 32.4. The average Bonchev–Trinajstić information content (AvgIpc) is 2.41. The molecule has 2 aliphatic rings. The van der Waals surface area contributed by atoms with Crippen molar-refractivity contribution in [2.24, 2.45) is 0 Å². The summed E-state index contributed by atoms with van der Waals surface area (Å²) in [6.07, 6.45) is 6.95. The van der Waals surface area contributed by atoms with Crippen molar-refractivity contribution in [3.63, 3.8) is 0 Å². The molecule has 2 N–H and O–H groups in total. The van der Waals surface area contributed by atoms with Crippen LogP contribution in [0.25, 0.3) is 0 Å². The number of aliphatic hydroxyl groups excluding tert-OH is 1. The number of methoxy groups -OCH3 is 1. The summed E-state index contributed by atoms with van der Waals surface area (Å²) in [5, 5.41) is 13.8. The van der Waals surface area contributed by atoms with Crippen LogP contribution in [0.2, 0.25) is 0 Å². The molecule has 0 aromatic heterocycles. The molecule has 19 heavy (non-hydrogen) atoms. The second-order valence-electron chi connectivity index (χ2n) is 6.25.